The zero-order chi connectivity index (χ0) is 9.97. The van der Waals surface area contributed by atoms with Crippen LogP contribution in [0.5, 0.6) is 0 Å². The molecule has 14 heavy (non-hydrogen) atoms. The van der Waals surface area contributed by atoms with Crippen molar-refractivity contribution in [2.45, 2.75) is 0 Å². The fourth-order valence-corrected chi connectivity index (χ4v) is 1.20. The Bertz CT molecular complexity index is 445. The van der Waals surface area contributed by atoms with Crippen LogP contribution in [0.2, 0.25) is 5.02 Å². The molecule has 1 aromatic heterocycles. The molecule has 1 aromatic carbocycles. The highest BCUT2D eigenvalue weighted by atomic mass is 35.5. The molecule has 1 heterocycles. The average Bonchev–Trinajstić information content (AvgIpc) is 2.23. The second-order valence-electron chi connectivity index (χ2n) is 2.70. The van der Waals surface area contributed by atoms with Gasteiger partial charge in [-0.05, 0) is 24.3 Å². The van der Waals surface area contributed by atoms with Crippen LogP contribution >= 0.6 is 11.6 Å². The van der Waals surface area contributed by atoms with Crippen molar-refractivity contribution in [1.82, 2.24) is 9.97 Å². The first kappa shape index (κ1) is 9.09. The van der Waals surface area contributed by atoms with Crippen molar-refractivity contribution in [1.29, 1.82) is 0 Å². The molecule has 0 spiro atoms. The van der Waals surface area contributed by atoms with Crippen LogP contribution in [-0.4, -0.2) is 9.97 Å². The fraction of sp³-hybridized carbons (Fsp3) is 0. The molecule has 0 unspecified atom stereocenters. The summed E-state index contributed by atoms with van der Waals surface area (Å²) in [5, 5.41) is 0.102. The molecule has 0 amide bonds. The summed E-state index contributed by atoms with van der Waals surface area (Å²) in [6.07, 6.45) is 3.21. The van der Waals surface area contributed by atoms with Gasteiger partial charge in [-0.25, -0.2) is 14.4 Å². The highest BCUT2D eigenvalue weighted by molar-refractivity contribution is 6.30. The molecule has 0 saturated carbocycles. The zero-order valence-electron chi connectivity index (χ0n) is 7.11. The summed E-state index contributed by atoms with van der Waals surface area (Å²) in [6.45, 7) is 0. The van der Waals surface area contributed by atoms with Crippen molar-refractivity contribution < 1.29 is 4.39 Å². The molecule has 0 radical (unpaired) electrons. The minimum Gasteiger partial charge on any atom is -0.237 e. The van der Waals surface area contributed by atoms with E-state index in [-0.39, 0.29) is 5.02 Å². The van der Waals surface area contributed by atoms with Crippen LogP contribution in [0.1, 0.15) is 0 Å². The molecule has 2 nitrogen and oxygen atoms in total. The quantitative estimate of drug-likeness (QED) is 0.720. The first-order valence-corrected chi connectivity index (χ1v) is 4.37. The number of hydrogen-bond acceptors (Lipinski definition) is 2. The first-order valence-electron chi connectivity index (χ1n) is 4.00. The van der Waals surface area contributed by atoms with Crippen molar-refractivity contribution in [3.05, 3.63) is 47.5 Å². The lowest BCUT2D eigenvalue weighted by Gasteiger charge is -1.99. The van der Waals surface area contributed by atoms with E-state index < -0.39 is 5.82 Å². The molecule has 0 fully saturated rings. The topological polar surface area (TPSA) is 25.8 Å². The van der Waals surface area contributed by atoms with Gasteiger partial charge in [0.1, 0.15) is 5.82 Å². The van der Waals surface area contributed by atoms with E-state index in [1.54, 1.807) is 24.5 Å². The van der Waals surface area contributed by atoms with Crippen LogP contribution in [0.3, 0.4) is 0 Å². The summed E-state index contributed by atoms with van der Waals surface area (Å²) in [5.74, 6) is 0.0275. The number of aromatic nitrogens is 2. The van der Waals surface area contributed by atoms with Crippen LogP contribution in [0.25, 0.3) is 11.4 Å². The van der Waals surface area contributed by atoms with Gasteiger partial charge in [-0.15, -0.1) is 0 Å². The fourth-order valence-electron chi connectivity index (χ4n) is 1.08. The van der Waals surface area contributed by atoms with E-state index in [2.05, 4.69) is 9.97 Å². The Morgan fingerprint density at radius 2 is 1.86 bits per heavy atom. The monoisotopic (exact) mass is 208 g/mol. The van der Waals surface area contributed by atoms with E-state index in [0.717, 1.165) is 0 Å². The Kier molecular flexibility index (Phi) is 2.41. The van der Waals surface area contributed by atoms with Crippen LogP contribution in [0, 0.1) is 5.82 Å². The van der Waals surface area contributed by atoms with Crippen LogP contribution in [0.15, 0.2) is 36.7 Å². The maximum absolute atomic E-state index is 13.1. The molecule has 0 aliphatic rings. The second-order valence-corrected chi connectivity index (χ2v) is 3.11. The molecule has 70 valence electrons. The Labute approximate surface area is 85.4 Å². The van der Waals surface area contributed by atoms with Crippen molar-refractivity contribution in [2.75, 3.05) is 0 Å². The summed E-state index contributed by atoms with van der Waals surface area (Å²) in [5.41, 5.74) is 0.618. The highest BCUT2D eigenvalue weighted by Crippen LogP contribution is 2.20. The largest absolute Gasteiger partial charge is 0.237 e. The maximum atomic E-state index is 13.1. The van der Waals surface area contributed by atoms with Gasteiger partial charge in [0.2, 0.25) is 0 Å². The maximum Gasteiger partial charge on any atom is 0.159 e. The van der Waals surface area contributed by atoms with Gasteiger partial charge in [-0.2, -0.15) is 0 Å². The van der Waals surface area contributed by atoms with Gasteiger partial charge in [0.25, 0.3) is 0 Å². The van der Waals surface area contributed by atoms with Gasteiger partial charge in [0.15, 0.2) is 5.82 Å². The number of benzene rings is 1. The predicted octanol–water partition coefficient (Wildman–Crippen LogP) is 2.94. The third kappa shape index (κ3) is 1.72. The van der Waals surface area contributed by atoms with Crippen LogP contribution in [0.4, 0.5) is 4.39 Å². The van der Waals surface area contributed by atoms with E-state index in [9.17, 15) is 4.39 Å². The molecule has 0 atom stereocenters. The Hall–Kier alpha value is -1.48. The van der Waals surface area contributed by atoms with Gasteiger partial charge in [-0.1, -0.05) is 11.6 Å². The predicted molar refractivity (Wildman–Crippen MR) is 52.4 cm³/mol. The molecule has 0 bridgehead atoms. The molecule has 0 aliphatic carbocycles. The van der Waals surface area contributed by atoms with Crippen LogP contribution in [-0.2, 0) is 0 Å². The van der Waals surface area contributed by atoms with E-state index in [1.165, 1.54) is 12.1 Å². The summed E-state index contributed by atoms with van der Waals surface area (Å²) in [4.78, 5) is 8.00. The van der Waals surface area contributed by atoms with Gasteiger partial charge < -0.3 is 0 Å². The lowest BCUT2D eigenvalue weighted by Crippen LogP contribution is -1.87. The lowest BCUT2D eigenvalue weighted by atomic mass is 10.2. The average molecular weight is 209 g/mol. The zero-order valence-corrected chi connectivity index (χ0v) is 7.87. The molecule has 0 saturated heterocycles. The number of nitrogens with zero attached hydrogens (tertiary/aromatic N) is 2. The van der Waals surface area contributed by atoms with E-state index in [1.807, 2.05) is 0 Å². The highest BCUT2D eigenvalue weighted by Gasteiger charge is 2.04. The van der Waals surface area contributed by atoms with Gasteiger partial charge in [0.05, 0.1) is 5.02 Å². The van der Waals surface area contributed by atoms with Gasteiger partial charge >= 0.3 is 0 Å². The molecule has 2 rings (SSSR count). The van der Waals surface area contributed by atoms with E-state index in [4.69, 9.17) is 11.6 Å². The van der Waals surface area contributed by atoms with Gasteiger partial charge in [-0.3, -0.25) is 0 Å². The number of rotatable bonds is 1. The van der Waals surface area contributed by atoms with Gasteiger partial charge in [0, 0.05) is 18.0 Å². The normalized spacial score (nSPS) is 10.1. The number of halogens is 2. The Balaban J connectivity index is 2.48. The Morgan fingerprint density at radius 3 is 2.50 bits per heavy atom. The van der Waals surface area contributed by atoms with Crippen molar-refractivity contribution in [3.8, 4) is 11.4 Å². The molecule has 4 heteroatoms. The summed E-state index contributed by atoms with van der Waals surface area (Å²) in [6, 6.07) is 6.19. The standard InChI is InChI=1S/C10H6ClFN2/c11-8-3-2-7(6-9(8)12)10-13-4-1-5-14-10/h1-6H. The minimum absolute atomic E-state index is 0.102. The summed E-state index contributed by atoms with van der Waals surface area (Å²) in [7, 11) is 0. The van der Waals surface area contributed by atoms with E-state index in [0.29, 0.717) is 11.4 Å². The molecule has 0 aliphatic heterocycles. The third-order valence-corrected chi connectivity index (χ3v) is 2.05. The van der Waals surface area contributed by atoms with Crippen molar-refractivity contribution in [2.24, 2.45) is 0 Å². The van der Waals surface area contributed by atoms with Crippen LogP contribution < -0.4 is 0 Å². The Morgan fingerprint density at radius 1 is 1.14 bits per heavy atom. The summed E-state index contributed by atoms with van der Waals surface area (Å²) >= 11 is 5.55. The van der Waals surface area contributed by atoms with E-state index >= 15 is 0 Å². The molecular weight excluding hydrogens is 203 g/mol. The third-order valence-electron chi connectivity index (χ3n) is 1.74. The minimum atomic E-state index is -0.461. The summed E-state index contributed by atoms with van der Waals surface area (Å²) < 4.78 is 13.1. The molecular formula is C10H6ClFN2. The SMILES string of the molecule is Fc1cc(-c2ncccn2)ccc1Cl. The number of hydrogen-bond donors (Lipinski definition) is 0. The lowest BCUT2D eigenvalue weighted by molar-refractivity contribution is 0.628. The van der Waals surface area contributed by atoms with Crippen molar-refractivity contribution in [3.63, 3.8) is 0 Å². The molecule has 2 aromatic rings. The first-order chi connectivity index (χ1) is 6.77. The second kappa shape index (κ2) is 3.72. The molecule has 0 N–H and O–H groups in total. The smallest absolute Gasteiger partial charge is 0.159 e. The van der Waals surface area contributed by atoms with Crippen molar-refractivity contribution >= 4 is 11.6 Å².